The van der Waals surface area contributed by atoms with E-state index in [1.807, 2.05) is 0 Å². The van der Waals surface area contributed by atoms with Crippen LogP contribution in [-0.2, 0) is 10.0 Å². The number of piperidine rings is 1. The molecule has 0 saturated carbocycles. The minimum Gasteiger partial charge on any atom is -0.396 e. The third-order valence-corrected chi connectivity index (χ3v) is 4.94. The summed E-state index contributed by atoms with van der Waals surface area (Å²) in [5.41, 5.74) is 0. The van der Waals surface area contributed by atoms with Crippen LogP contribution in [0.3, 0.4) is 0 Å². The molecule has 1 fully saturated rings. The molecule has 1 atom stereocenters. The topological polar surface area (TPSA) is 57.6 Å². The molecular formula is C9H19NO3S. The van der Waals surface area contributed by atoms with E-state index in [1.165, 1.54) is 4.31 Å². The van der Waals surface area contributed by atoms with Crippen molar-refractivity contribution in [2.75, 3.05) is 19.7 Å². The highest BCUT2D eigenvalue weighted by atomic mass is 32.2. The highest BCUT2D eigenvalue weighted by molar-refractivity contribution is 7.89. The maximum absolute atomic E-state index is 11.8. The molecule has 0 radical (unpaired) electrons. The highest BCUT2D eigenvalue weighted by Crippen LogP contribution is 2.20. The third kappa shape index (κ3) is 2.46. The average Bonchev–Trinajstić information content (AvgIpc) is 2.17. The van der Waals surface area contributed by atoms with Gasteiger partial charge < -0.3 is 5.11 Å². The number of sulfonamides is 1. The number of hydrogen-bond acceptors (Lipinski definition) is 3. The molecule has 1 aliphatic heterocycles. The SMILES string of the molecule is CC(C)S(=O)(=O)N1CCCC(CO)C1. The first-order chi connectivity index (χ1) is 6.48. The second-order valence-corrected chi connectivity index (χ2v) is 6.63. The molecule has 1 saturated heterocycles. The predicted molar refractivity (Wildman–Crippen MR) is 55.4 cm³/mol. The molecule has 0 spiro atoms. The smallest absolute Gasteiger partial charge is 0.216 e. The predicted octanol–water partition coefficient (Wildman–Crippen LogP) is 0.429. The molecule has 1 rings (SSSR count). The van der Waals surface area contributed by atoms with Crippen molar-refractivity contribution >= 4 is 10.0 Å². The van der Waals surface area contributed by atoms with E-state index in [1.54, 1.807) is 13.8 Å². The molecule has 0 aromatic heterocycles. The van der Waals surface area contributed by atoms with Gasteiger partial charge in [-0.15, -0.1) is 0 Å². The Balaban J connectivity index is 2.69. The molecule has 14 heavy (non-hydrogen) atoms. The van der Waals surface area contributed by atoms with Gasteiger partial charge in [-0.05, 0) is 32.6 Å². The first-order valence-corrected chi connectivity index (χ1v) is 6.58. The minimum atomic E-state index is -3.12. The number of hydrogen-bond donors (Lipinski definition) is 1. The number of aliphatic hydroxyl groups excluding tert-OH is 1. The van der Waals surface area contributed by atoms with Crippen LogP contribution in [0.25, 0.3) is 0 Å². The first-order valence-electron chi connectivity index (χ1n) is 5.08. The van der Waals surface area contributed by atoms with E-state index in [0.29, 0.717) is 13.1 Å². The average molecular weight is 221 g/mol. The van der Waals surface area contributed by atoms with E-state index in [4.69, 9.17) is 5.11 Å². The standard InChI is InChI=1S/C9H19NO3S/c1-8(2)14(12,13)10-5-3-4-9(6-10)7-11/h8-9,11H,3-7H2,1-2H3. The molecular weight excluding hydrogens is 202 g/mol. The summed E-state index contributed by atoms with van der Waals surface area (Å²) in [6, 6.07) is 0. The Morgan fingerprint density at radius 1 is 1.50 bits per heavy atom. The second-order valence-electron chi connectivity index (χ2n) is 4.14. The summed E-state index contributed by atoms with van der Waals surface area (Å²) in [5, 5.41) is 8.63. The monoisotopic (exact) mass is 221 g/mol. The maximum atomic E-state index is 11.8. The van der Waals surface area contributed by atoms with Crippen molar-refractivity contribution in [3.63, 3.8) is 0 Å². The van der Waals surface area contributed by atoms with Crippen LogP contribution < -0.4 is 0 Å². The molecule has 1 heterocycles. The van der Waals surface area contributed by atoms with E-state index in [9.17, 15) is 8.42 Å². The van der Waals surface area contributed by atoms with Gasteiger partial charge in [-0.2, -0.15) is 0 Å². The van der Waals surface area contributed by atoms with Crippen molar-refractivity contribution in [3.05, 3.63) is 0 Å². The van der Waals surface area contributed by atoms with Gasteiger partial charge in [0.1, 0.15) is 0 Å². The Kier molecular flexibility index (Phi) is 3.92. The van der Waals surface area contributed by atoms with Crippen LogP contribution >= 0.6 is 0 Å². The molecule has 1 aliphatic rings. The molecule has 0 amide bonds. The molecule has 4 nitrogen and oxygen atoms in total. The fourth-order valence-electron chi connectivity index (χ4n) is 1.71. The number of aliphatic hydroxyl groups is 1. The normalized spacial score (nSPS) is 25.6. The molecule has 0 aliphatic carbocycles. The zero-order chi connectivity index (χ0) is 10.8. The van der Waals surface area contributed by atoms with Gasteiger partial charge >= 0.3 is 0 Å². The van der Waals surface area contributed by atoms with Crippen molar-refractivity contribution in [2.45, 2.75) is 31.9 Å². The summed E-state index contributed by atoms with van der Waals surface area (Å²) in [5.74, 6) is 0.122. The Labute approximate surface area is 86.0 Å². The van der Waals surface area contributed by atoms with Crippen molar-refractivity contribution in [1.29, 1.82) is 0 Å². The first kappa shape index (κ1) is 11.9. The zero-order valence-corrected chi connectivity index (χ0v) is 9.63. The van der Waals surface area contributed by atoms with Gasteiger partial charge in [0.2, 0.25) is 10.0 Å². The summed E-state index contributed by atoms with van der Waals surface area (Å²) in [4.78, 5) is 0. The van der Waals surface area contributed by atoms with Crippen LogP contribution in [0, 0.1) is 5.92 Å². The van der Waals surface area contributed by atoms with Crippen molar-refractivity contribution < 1.29 is 13.5 Å². The molecule has 5 heteroatoms. The third-order valence-electron chi connectivity index (χ3n) is 2.70. The molecule has 0 bridgehead atoms. The van der Waals surface area contributed by atoms with Crippen molar-refractivity contribution in [1.82, 2.24) is 4.31 Å². The van der Waals surface area contributed by atoms with Crippen LogP contribution in [0.2, 0.25) is 0 Å². The Morgan fingerprint density at radius 2 is 2.14 bits per heavy atom. The number of rotatable bonds is 3. The lowest BCUT2D eigenvalue weighted by Crippen LogP contribution is -2.43. The molecule has 84 valence electrons. The van der Waals surface area contributed by atoms with E-state index in [-0.39, 0.29) is 17.8 Å². The van der Waals surface area contributed by atoms with Crippen LogP contribution in [0.1, 0.15) is 26.7 Å². The fraction of sp³-hybridized carbons (Fsp3) is 1.00. The Bertz CT molecular complexity index is 274. The zero-order valence-electron chi connectivity index (χ0n) is 8.81. The van der Waals surface area contributed by atoms with Gasteiger partial charge in [-0.25, -0.2) is 12.7 Å². The highest BCUT2D eigenvalue weighted by Gasteiger charge is 2.30. The Hall–Kier alpha value is -0.130. The van der Waals surface area contributed by atoms with Crippen LogP contribution in [0.15, 0.2) is 0 Å². The quantitative estimate of drug-likeness (QED) is 0.752. The summed E-state index contributed by atoms with van der Waals surface area (Å²) >= 11 is 0. The van der Waals surface area contributed by atoms with Crippen LogP contribution in [-0.4, -0.2) is 42.8 Å². The van der Waals surface area contributed by atoms with E-state index >= 15 is 0 Å². The fourth-order valence-corrected chi connectivity index (χ4v) is 3.10. The summed E-state index contributed by atoms with van der Waals surface area (Å²) < 4.78 is 25.1. The van der Waals surface area contributed by atoms with Crippen LogP contribution in [0.4, 0.5) is 0 Å². The van der Waals surface area contributed by atoms with E-state index in [0.717, 1.165) is 12.8 Å². The summed E-state index contributed by atoms with van der Waals surface area (Å²) in [6.45, 7) is 4.56. The van der Waals surface area contributed by atoms with Crippen molar-refractivity contribution in [3.8, 4) is 0 Å². The van der Waals surface area contributed by atoms with Gasteiger partial charge in [0, 0.05) is 19.7 Å². The van der Waals surface area contributed by atoms with Gasteiger partial charge in [0.05, 0.1) is 5.25 Å². The minimum absolute atomic E-state index is 0.0874. The maximum Gasteiger partial charge on any atom is 0.216 e. The van der Waals surface area contributed by atoms with Crippen molar-refractivity contribution in [2.24, 2.45) is 5.92 Å². The van der Waals surface area contributed by atoms with Crippen LogP contribution in [0.5, 0.6) is 0 Å². The second kappa shape index (κ2) is 4.59. The summed E-state index contributed by atoms with van der Waals surface area (Å²) in [7, 11) is -3.12. The largest absolute Gasteiger partial charge is 0.396 e. The molecule has 1 unspecified atom stereocenters. The van der Waals surface area contributed by atoms with Gasteiger partial charge in [-0.1, -0.05) is 0 Å². The lowest BCUT2D eigenvalue weighted by molar-refractivity contribution is 0.165. The molecule has 0 aromatic rings. The lowest BCUT2D eigenvalue weighted by Gasteiger charge is -2.32. The van der Waals surface area contributed by atoms with Gasteiger partial charge in [0.25, 0.3) is 0 Å². The Morgan fingerprint density at radius 3 is 2.64 bits per heavy atom. The summed E-state index contributed by atoms with van der Waals surface area (Å²) in [6.07, 6.45) is 1.79. The van der Waals surface area contributed by atoms with E-state index in [2.05, 4.69) is 0 Å². The number of nitrogens with zero attached hydrogens (tertiary/aromatic N) is 1. The van der Waals surface area contributed by atoms with Gasteiger partial charge in [0.15, 0.2) is 0 Å². The van der Waals surface area contributed by atoms with E-state index < -0.39 is 10.0 Å². The van der Waals surface area contributed by atoms with Gasteiger partial charge in [-0.3, -0.25) is 0 Å². The molecule has 0 aromatic carbocycles. The lowest BCUT2D eigenvalue weighted by atomic mass is 10.0. The molecule has 1 N–H and O–H groups in total.